The predicted molar refractivity (Wildman–Crippen MR) is 119 cm³/mol. The third-order valence-electron chi connectivity index (χ3n) is 6.13. The molecule has 0 radical (unpaired) electrons. The van der Waals surface area contributed by atoms with Crippen molar-refractivity contribution in [2.75, 3.05) is 24.5 Å². The largest absolute Gasteiger partial charge is 0.352 e. The summed E-state index contributed by atoms with van der Waals surface area (Å²) in [6.07, 6.45) is 3.00. The Labute approximate surface area is 187 Å². The Hall–Kier alpha value is -2.44. The van der Waals surface area contributed by atoms with Gasteiger partial charge in [0.15, 0.2) is 0 Å². The molecule has 0 aliphatic carbocycles. The summed E-state index contributed by atoms with van der Waals surface area (Å²) in [5, 5.41) is 3.44. The van der Waals surface area contributed by atoms with Gasteiger partial charge in [-0.05, 0) is 62.2 Å². The number of halogens is 2. The number of piperidine rings is 1. The predicted octanol–water partition coefficient (Wildman–Crippen LogP) is 4.13. The van der Waals surface area contributed by atoms with Crippen LogP contribution in [0.5, 0.6) is 0 Å². The molecule has 0 bridgehead atoms. The van der Waals surface area contributed by atoms with Gasteiger partial charge in [-0.1, -0.05) is 29.8 Å². The molecule has 0 unspecified atom stereocenters. The molecular weight excluding hydrogens is 417 g/mol. The van der Waals surface area contributed by atoms with Crippen LogP contribution in [0.15, 0.2) is 42.5 Å². The third-order valence-corrected chi connectivity index (χ3v) is 6.36. The second-order valence-electron chi connectivity index (χ2n) is 8.32. The molecule has 7 heteroatoms. The second-order valence-corrected chi connectivity index (χ2v) is 8.76. The van der Waals surface area contributed by atoms with Crippen molar-refractivity contribution in [2.45, 2.75) is 38.8 Å². The molecule has 164 valence electrons. The number of anilines is 1. The molecule has 0 aromatic heterocycles. The SMILES string of the molecule is O=C(NCc1cccc(N2CCCC2=O)c1)C1CCN(Cc2ccc(Cl)cc2F)CC1. The Balaban J connectivity index is 1.25. The Morgan fingerprint density at radius 3 is 2.65 bits per heavy atom. The first-order valence-corrected chi connectivity index (χ1v) is 11.2. The van der Waals surface area contributed by atoms with E-state index in [0.717, 1.165) is 50.1 Å². The van der Waals surface area contributed by atoms with E-state index in [-0.39, 0.29) is 23.5 Å². The number of carbonyl (C=O) groups excluding carboxylic acids is 2. The molecule has 2 aromatic carbocycles. The number of amides is 2. The van der Waals surface area contributed by atoms with E-state index in [1.54, 1.807) is 12.1 Å². The standard InChI is InChI=1S/C24H27ClFN3O2/c25-20-7-6-19(22(26)14-20)16-28-11-8-18(9-12-28)24(31)27-15-17-3-1-4-21(13-17)29-10-2-5-23(29)30/h1,3-4,6-7,13-14,18H,2,5,8-12,15-16H2,(H,27,31). The summed E-state index contributed by atoms with van der Waals surface area (Å²) in [6, 6.07) is 12.6. The molecule has 2 amide bonds. The molecule has 2 aromatic rings. The molecule has 1 N–H and O–H groups in total. The fourth-order valence-corrected chi connectivity index (χ4v) is 4.49. The van der Waals surface area contributed by atoms with E-state index in [0.29, 0.717) is 30.1 Å². The van der Waals surface area contributed by atoms with Crippen molar-refractivity contribution < 1.29 is 14.0 Å². The molecule has 2 aliphatic rings. The maximum atomic E-state index is 14.0. The minimum atomic E-state index is -0.287. The maximum Gasteiger partial charge on any atom is 0.227 e. The maximum absolute atomic E-state index is 14.0. The number of carbonyl (C=O) groups is 2. The quantitative estimate of drug-likeness (QED) is 0.730. The molecule has 0 atom stereocenters. The van der Waals surface area contributed by atoms with Gasteiger partial charge in [0.2, 0.25) is 11.8 Å². The molecule has 31 heavy (non-hydrogen) atoms. The van der Waals surface area contributed by atoms with Crippen LogP contribution >= 0.6 is 11.6 Å². The first-order chi connectivity index (χ1) is 15.0. The number of hydrogen-bond donors (Lipinski definition) is 1. The van der Waals surface area contributed by atoms with Crippen LogP contribution in [-0.2, 0) is 22.7 Å². The lowest BCUT2D eigenvalue weighted by molar-refractivity contribution is -0.126. The molecule has 2 saturated heterocycles. The Morgan fingerprint density at radius 2 is 1.94 bits per heavy atom. The molecular formula is C24H27ClFN3O2. The van der Waals surface area contributed by atoms with E-state index < -0.39 is 0 Å². The van der Waals surface area contributed by atoms with Crippen LogP contribution in [0.2, 0.25) is 5.02 Å². The Morgan fingerprint density at radius 1 is 1.13 bits per heavy atom. The van der Waals surface area contributed by atoms with Crippen molar-refractivity contribution in [1.82, 2.24) is 10.2 Å². The molecule has 0 spiro atoms. The van der Waals surface area contributed by atoms with Gasteiger partial charge in [-0.25, -0.2) is 4.39 Å². The van der Waals surface area contributed by atoms with Gasteiger partial charge in [-0.2, -0.15) is 0 Å². The van der Waals surface area contributed by atoms with Crippen LogP contribution in [0.25, 0.3) is 0 Å². The Kier molecular flexibility index (Phi) is 6.88. The van der Waals surface area contributed by atoms with E-state index in [9.17, 15) is 14.0 Å². The fraction of sp³-hybridized carbons (Fsp3) is 0.417. The lowest BCUT2D eigenvalue weighted by Gasteiger charge is -2.31. The summed E-state index contributed by atoms with van der Waals surface area (Å²) in [6.45, 7) is 3.25. The average Bonchev–Trinajstić information content (AvgIpc) is 3.20. The van der Waals surface area contributed by atoms with Gasteiger partial charge in [0, 0.05) is 48.2 Å². The van der Waals surface area contributed by atoms with Crippen LogP contribution in [0.3, 0.4) is 0 Å². The molecule has 4 rings (SSSR count). The molecule has 2 heterocycles. The number of benzene rings is 2. The van der Waals surface area contributed by atoms with Gasteiger partial charge in [0.05, 0.1) is 0 Å². The van der Waals surface area contributed by atoms with E-state index in [4.69, 9.17) is 11.6 Å². The lowest BCUT2D eigenvalue weighted by atomic mass is 9.95. The number of nitrogens with one attached hydrogen (secondary N) is 1. The van der Waals surface area contributed by atoms with E-state index in [1.165, 1.54) is 6.07 Å². The van der Waals surface area contributed by atoms with Crippen molar-refractivity contribution in [3.05, 3.63) is 64.4 Å². The van der Waals surface area contributed by atoms with E-state index in [2.05, 4.69) is 10.2 Å². The molecule has 2 aliphatic heterocycles. The van der Waals surface area contributed by atoms with Crippen molar-refractivity contribution in [1.29, 1.82) is 0 Å². The highest BCUT2D eigenvalue weighted by atomic mass is 35.5. The molecule has 5 nitrogen and oxygen atoms in total. The second kappa shape index (κ2) is 9.79. The van der Waals surface area contributed by atoms with Crippen molar-refractivity contribution >= 4 is 29.1 Å². The van der Waals surface area contributed by atoms with Crippen LogP contribution in [-0.4, -0.2) is 36.3 Å². The van der Waals surface area contributed by atoms with E-state index >= 15 is 0 Å². The monoisotopic (exact) mass is 443 g/mol. The van der Waals surface area contributed by atoms with Gasteiger partial charge in [-0.15, -0.1) is 0 Å². The van der Waals surface area contributed by atoms with Gasteiger partial charge in [0.25, 0.3) is 0 Å². The zero-order valence-corrected chi connectivity index (χ0v) is 18.2. The molecule has 0 saturated carbocycles. The highest BCUT2D eigenvalue weighted by Gasteiger charge is 2.25. The molecule has 2 fully saturated rings. The summed E-state index contributed by atoms with van der Waals surface area (Å²) in [4.78, 5) is 28.6. The average molecular weight is 444 g/mol. The number of hydrogen-bond acceptors (Lipinski definition) is 3. The summed E-state index contributed by atoms with van der Waals surface area (Å²) < 4.78 is 14.0. The van der Waals surface area contributed by atoms with Gasteiger partial charge >= 0.3 is 0 Å². The van der Waals surface area contributed by atoms with Gasteiger partial charge in [-0.3, -0.25) is 14.5 Å². The van der Waals surface area contributed by atoms with Crippen LogP contribution in [0.1, 0.15) is 36.8 Å². The zero-order valence-electron chi connectivity index (χ0n) is 17.4. The van der Waals surface area contributed by atoms with Crippen molar-refractivity contribution in [3.8, 4) is 0 Å². The first kappa shape index (κ1) is 21.8. The van der Waals surface area contributed by atoms with Gasteiger partial charge < -0.3 is 10.2 Å². The van der Waals surface area contributed by atoms with Crippen LogP contribution in [0.4, 0.5) is 10.1 Å². The smallest absolute Gasteiger partial charge is 0.227 e. The number of likely N-dealkylation sites (tertiary alicyclic amines) is 1. The topological polar surface area (TPSA) is 52.7 Å². The summed E-state index contributed by atoms with van der Waals surface area (Å²) in [5.74, 6) is -0.105. The normalized spacial score (nSPS) is 17.9. The van der Waals surface area contributed by atoms with Crippen molar-refractivity contribution in [2.24, 2.45) is 5.92 Å². The minimum absolute atomic E-state index is 0.0327. The summed E-state index contributed by atoms with van der Waals surface area (Å²) in [5.41, 5.74) is 2.52. The number of rotatable bonds is 6. The highest BCUT2D eigenvalue weighted by molar-refractivity contribution is 6.30. The summed E-state index contributed by atoms with van der Waals surface area (Å²) >= 11 is 5.82. The summed E-state index contributed by atoms with van der Waals surface area (Å²) in [7, 11) is 0. The first-order valence-electron chi connectivity index (χ1n) is 10.8. The van der Waals surface area contributed by atoms with Crippen molar-refractivity contribution in [3.63, 3.8) is 0 Å². The number of nitrogens with zero attached hydrogens (tertiary/aromatic N) is 2. The Bertz CT molecular complexity index is 960. The lowest BCUT2D eigenvalue weighted by Crippen LogP contribution is -2.40. The third kappa shape index (κ3) is 5.43. The fourth-order valence-electron chi connectivity index (χ4n) is 4.33. The zero-order chi connectivity index (χ0) is 21.8. The minimum Gasteiger partial charge on any atom is -0.352 e. The highest BCUT2D eigenvalue weighted by Crippen LogP contribution is 2.24. The van der Waals surface area contributed by atoms with Gasteiger partial charge in [0.1, 0.15) is 5.82 Å². The van der Waals surface area contributed by atoms with Crippen LogP contribution < -0.4 is 10.2 Å². The van der Waals surface area contributed by atoms with Crippen LogP contribution in [0, 0.1) is 11.7 Å². The van der Waals surface area contributed by atoms with E-state index in [1.807, 2.05) is 29.2 Å².